The van der Waals surface area contributed by atoms with E-state index in [-0.39, 0.29) is 22.9 Å². The van der Waals surface area contributed by atoms with Gasteiger partial charge in [0.15, 0.2) is 0 Å². The first-order chi connectivity index (χ1) is 13.2. The van der Waals surface area contributed by atoms with Crippen molar-refractivity contribution < 1.29 is 21.6 Å². The van der Waals surface area contributed by atoms with Crippen LogP contribution < -0.4 is 9.46 Å². The molecule has 152 valence electrons. The first kappa shape index (κ1) is 20.6. The topological polar surface area (TPSA) is 92.8 Å². The van der Waals surface area contributed by atoms with Crippen molar-refractivity contribution >= 4 is 25.7 Å². The Morgan fingerprint density at radius 3 is 2.50 bits per heavy atom. The number of fused-ring (bicyclic) bond motifs is 1. The molecule has 0 saturated heterocycles. The fraction of sp³-hybridized carbons (Fsp3) is 0.368. The van der Waals surface area contributed by atoms with Gasteiger partial charge in [0.1, 0.15) is 10.6 Å². The summed E-state index contributed by atoms with van der Waals surface area (Å²) in [5.41, 5.74) is 3.02. The van der Waals surface area contributed by atoms with Crippen LogP contribution in [0.5, 0.6) is 5.75 Å². The minimum absolute atomic E-state index is 0.0435. The van der Waals surface area contributed by atoms with E-state index in [0.717, 1.165) is 16.7 Å². The summed E-state index contributed by atoms with van der Waals surface area (Å²) >= 11 is 0. The highest BCUT2D eigenvalue weighted by molar-refractivity contribution is 7.92. The molecule has 7 nitrogen and oxygen atoms in total. The summed E-state index contributed by atoms with van der Waals surface area (Å²) in [5.74, 6) is 0.304. The lowest BCUT2D eigenvalue weighted by atomic mass is 10.0. The highest BCUT2D eigenvalue weighted by Gasteiger charge is 2.26. The number of ether oxygens (including phenoxy) is 1. The summed E-state index contributed by atoms with van der Waals surface area (Å²) in [5, 5.41) is 0. The molecular formula is C19H24N2O5S2. The van der Waals surface area contributed by atoms with Crippen LogP contribution in [0.25, 0.3) is 0 Å². The standard InChI is InChI=1S/C19H24N2O5S2/c1-4-27(22,23)21-10-9-15-6-7-17(12-16(15)13-21)20-28(24,25)19-11-14(2)5-8-18(19)26-3/h5-8,11-12,20H,4,9-10,13H2,1-3H3. The molecular weight excluding hydrogens is 400 g/mol. The number of nitrogens with zero attached hydrogens (tertiary/aromatic N) is 1. The van der Waals surface area contributed by atoms with Crippen LogP contribution in [-0.4, -0.2) is 40.5 Å². The zero-order valence-electron chi connectivity index (χ0n) is 16.1. The molecule has 1 heterocycles. The van der Waals surface area contributed by atoms with E-state index < -0.39 is 20.0 Å². The second-order valence-corrected chi connectivity index (χ2v) is 10.6. The molecule has 1 aliphatic rings. The second-order valence-electron chi connectivity index (χ2n) is 6.73. The van der Waals surface area contributed by atoms with Crippen LogP contribution in [-0.2, 0) is 33.0 Å². The van der Waals surface area contributed by atoms with Gasteiger partial charge in [0.05, 0.1) is 12.9 Å². The van der Waals surface area contributed by atoms with Crippen molar-refractivity contribution in [3.63, 3.8) is 0 Å². The average Bonchev–Trinajstić information content (AvgIpc) is 2.67. The maximum absolute atomic E-state index is 12.9. The lowest BCUT2D eigenvalue weighted by molar-refractivity contribution is 0.392. The number of anilines is 1. The molecule has 2 aromatic rings. The smallest absolute Gasteiger partial charge is 0.265 e. The Hall–Kier alpha value is -2.10. The van der Waals surface area contributed by atoms with Crippen LogP contribution in [0.4, 0.5) is 5.69 Å². The van der Waals surface area contributed by atoms with Gasteiger partial charge < -0.3 is 4.74 Å². The first-order valence-corrected chi connectivity index (χ1v) is 12.0. The predicted octanol–water partition coefficient (Wildman–Crippen LogP) is 2.51. The van der Waals surface area contributed by atoms with Gasteiger partial charge in [-0.2, -0.15) is 4.31 Å². The van der Waals surface area contributed by atoms with Crippen molar-refractivity contribution in [2.24, 2.45) is 0 Å². The molecule has 0 amide bonds. The maximum Gasteiger partial charge on any atom is 0.265 e. The molecule has 3 rings (SSSR count). The molecule has 2 aromatic carbocycles. The lowest BCUT2D eigenvalue weighted by Gasteiger charge is -2.28. The number of sulfonamides is 2. The van der Waals surface area contributed by atoms with Crippen molar-refractivity contribution in [3.05, 3.63) is 53.1 Å². The van der Waals surface area contributed by atoms with E-state index >= 15 is 0 Å². The zero-order valence-corrected chi connectivity index (χ0v) is 17.7. The van der Waals surface area contributed by atoms with E-state index in [1.807, 2.05) is 6.07 Å². The molecule has 28 heavy (non-hydrogen) atoms. The fourth-order valence-corrected chi connectivity index (χ4v) is 5.59. The van der Waals surface area contributed by atoms with Crippen molar-refractivity contribution in [3.8, 4) is 5.75 Å². The third-order valence-corrected chi connectivity index (χ3v) is 8.03. The third-order valence-electron chi connectivity index (χ3n) is 4.80. The summed E-state index contributed by atoms with van der Waals surface area (Å²) in [4.78, 5) is 0.0582. The van der Waals surface area contributed by atoms with Gasteiger partial charge in [-0.25, -0.2) is 16.8 Å². The van der Waals surface area contributed by atoms with E-state index in [1.54, 1.807) is 44.2 Å². The molecule has 0 aromatic heterocycles. The number of hydrogen-bond donors (Lipinski definition) is 1. The Balaban J connectivity index is 1.91. The third kappa shape index (κ3) is 4.16. The van der Waals surface area contributed by atoms with E-state index in [0.29, 0.717) is 18.7 Å². The molecule has 1 N–H and O–H groups in total. The monoisotopic (exact) mass is 424 g/mol. The first-order valence-electron chi connectivity index (χ1n) is 8.93. The second kappa shape index (κ2) is 7.73. The normalized spacial score (nSPS) is 15.1. The summed E-state index contributed by atoms with van der Waals surface area (Å²) < 4.78 is 59.3. The summed E-state index contributed by atoms with van der Waals surface area (Å²) in [6.45, 7) is 4.11. The van der Waals surface area contributed by atoms with Gasteiger partial charge in [0.25, 0.3) is 10.0 Å². The molecule has 9 heteroatoms. The molecule has 0 unspecified atom stereocenters. The van der Waals surface area contributed by atoms with Crippen molar-refractivity contribution in [1.82, 2.24) is 4.31 Å². The number of methoxy groups -OCH3 is 1. The number of aryl methyl sites for hydroxylation is 1. The van der Waals surface area contributed by atoms with Gasteiger partial charge >= 0.3 is 0 Å². The number of rotatable bonds is 6. The molecule has 0 saturated carbocycles. The number of benzene rings is 2. The van der Waals surface area contributed by atoms with E-state index in [4.69, 9.17) is 4.74 Å². The van der Waals surface area contributed by atoms with E-state index in [2.05, 4.69) is 4.72 Å². The molecule has 1 aliphatic heterocycles. The molecule has 0 spiro atoms. The van der Waals surface area contributed by atoms with Crippen molar-refractivity contribution in [2.45, 2.75) is 31.7 Å². The van der Waals surface area contributed by atoms with E-state index in [9.17, 15) is 16.8 Å². The number of nitrogens with one attached hydrogen (secondary N) is 1. The van der Waals surface area contributed by atoms with Gasteiger partial charge in [-0.15, -0.1) is 0 Å². The van der Waals surface area contributed by atoms with Crippen LogP contribution in [0.1, 0.15) is 23.6 Å². The summed E-state index contributed by atoms with van der Waals surface area (Å²) in [6, 6.07) is 10.2. The summed E-state index contributed by atoms with van der Waals surface area (Å²) in [6.07, 6.45) is 0.604. The van der Waals surface area contributed by atoms with Crippen LogP contribution in [0, 0.1) is 6.92 Å². The molecule has 0 atom stereocenters. The van der Waals surface area contributed by atoms with Gasteiger partial charge in [0, 0.05) is 18.8 Å². The van der Waals surface area contributed by atoms with Crippen LogP contribution >= 0.6 is 0 Å². The number of hydrogen-bond acceptors (Lipinski definition) is 5. The molecule has 0 radical (unpaired) electrons. The van der Waals surface area contributed by atoms with E-state index in [1.165, 1.54) is 11.4 Å². The fourth-order valence-electron chi connectivity index (χ4n) is 3.22. The summed E-state index contributed by atoms with van der Waals surface area (Å²) in [7, 11) is -5.73. The largest absolute Gasteiger partial charge is 0.495 e. The Kier molecular flexibility index (Phi) is 5.69. The molecule has 0 aliphatic carbocycles. The van der Waals surface area contributed by atoms with Crippen molar-refractivity contribution in [1.29, 1.82) is 0 Å². The minimum Gasteiger partial charge on any atom is -0.495 e. The Morgan fingerprint density at radius 1 is 1.07 bits per heavy atom. The quantitative estimate of drug-likeness (QED) is 0.769. The van der Waals surface area contributed by atoms with Gasteiger partial charge in [-0.05, 0) is 61.2 Å². The molecule has 0 bridgehead atoms. The zero-order chi connectivity index (χ0) is 20.5. The highest BCUT2D eigenvalue weighted by Crippen LogP contribution is 2.29. The maximum atomic E-state index is 12.9. The predicted molar refractivity (Wildman–Crippen MR) is 109 cm³/mol. The van der Waals surface area contributed by atoms with Gasteiger partial charge in [-0.1, -0.05) is 12.1 Å². The Morgan fingerprint density at radius 2 is 1.82 bits per heavy atom. The Labute approximate surface area is 166 Å². The van der Waals surface area contributed by atoms with Gasteiger partial charge in [0.2, 0.25) is 10.0 Å². The average molecular weight is 425 g/mol. The van der Waals surface area contributed by atoms with Crippen LogP contribution in [0.3, 0.4) is 0 Å². The van der Waals surface area contributed by atoms with Crippen LogP contribution in [0.2, 0.25) is 0 Å². The highest BCUT2D eigenvalue weighted by atomic mass is 32.2. The lowest BCUT2D eigenvalue weighted by Crippen LogP contribution is -2.36. The van der Waals surface area contributed by atoms with Crippen molar-refractivity contribution in [2.75, 3.05) is 24.1 Å². The Bertz CT molecular complexity index is 1100. The SMILES string of the molecule is CCS(=O)(=O)N1CCc2ccc(NS(=O)(=O)c3cc(C)ccc3OC)cc2C1. The molecule has 0 fully saturated rings. The minimum atomic E-state index is -3.86. The van der Waals surface area contributed by atoms with Gasteiger partial charge in [-0.3, -0.25) is 4.72 Å². The van der Waals surface area contributed by atoms with Crippen LogP contribution in [0.15, 0.2) is 41.3 Å².